The van der Waals surface area contributed by atoms with Crippen LogP contribution in [0.5, 0.6) is 17.2 Å². The summed E-state index contributed by atoms with van der Waals surface area (Å²) in [6.45, 7) is 7.50. The molecule has 2 aromatic rings. The lowest BCUT2D eigenvalue weighted by atomic mass is 9.39. The van der Waals surface area contributed by atoms with Crippen molar-refractivity contribution < 1.29 is 33.9 Å². The number of aliphatic hydroxyl groups excluding tert-OH is 1. The highest BCUT2D eigenvalue weighted by Gasteiger charge is 2.77. The van der Waals surface area contributed by atoms with Crippen LogP contribution < -0.4 is 19.8 Å². The van der Waals surface area contributed by atoms with E-state index in [1.807, 2.05) is 13.8 Å². The molecular formula is C28H36O8. The molecule has 1 aromatic carbocycles. The van der Waals surface area contributed by atoms with Crippen LogP contribution in [-0.2, 0) is 6.42 Å². The first-order valence-electron chi connectivity index (χ1n) is 12.5. The molecule has 0 saturated heterocycles. The van der Waals surface area contributed by atoms with Crippen LogP contribution in [0.2, 0.25) is 0 Å². The topological polar surface area (TPSA) is 119 Å². The van der Waals surface area contributed by atoms with Gasteiger partial charge in [0.25, 0.3) is 0 Å². The van der Waals surface area contributed by atoms with Gasteiger partial charge >= 0.3 is 5.63 Å². The van der Waals surface area contributed by atoms with Crippen molar-refractivity contribution in [2.75, 3.05) is 14.2 Å². The first kappa shape index (κ1) is 25.1. The minimum atomic E-state index is -1.71. The molecule has 2 fully saturated rings. The van der Waals surface area contributed by atoms with Gasteiger partial charge in [-0.3, -0.25) is 0 Å². The first-order chi connectivity index (χ1) is 16.8. The van der Waals surface area contributed by atoms with Crippen molar-refractivity contribution in [3.63, 3.8) is 0 Å². The van der Waals surface area contributed by atoms with E-state index in [0.717, 1.165) is 0 Å². The van der Waals surface area contributed by atoms with Gasteiger partial charge < -0.3 is 33.9 Å². The number of benzene rings is 1. The Hall–Kier alpha value is -2.55. The first-order valence-corrected chi connectivity index (χ1v) is 12.5. The molecule has 0 bridgehead atoms. The second kappa shape index (κ2) is 7.73. The average Bonchev–Trinajstić information content (AvgIpc) is 2.84. The van der Waals surface area contributed by atoms with E-state index >= 15 is 0 Å². The van der Waals surface area contributed by atoms with Crippen molar-refractivity contribution in [1.82, 2.24) is 0 Å². The van der Waals surface area contributed by atoms with E-state index in [2.05, 4.69) is 0 Å². The molecule has 2 heterocycles. The molecule has 36 heavy (non-hydrogen) atoms. The van der Waals surface area contributed by atoms with Gasteiger partial charge in [0.15, 0.2) is 11.5 Å². The Kier molecular flexibility index (Phi) is 5.39. The highest BCUT2D eigenvalue weighted by atomic mass is 16.5. The molecule has 196 valence electrons. The van der Waals surface area contributed by atoms with Crippen molar-refractivity contribution in [3.05, 3.63) is 40.2 Å². The van der Waals surface area contributed by atoms with Crippen LogP contribution in [0.4, 0.5) is 0 Å². The zero-order valence-electron chi connectivity index (χ0n) is 21.8. The monoisotopic (exact) mass is 500 g/mol. The molecular weight excluding hydrogens is 464 g/mol. The molecule has 1 aliphatic heterocycles. The van der Waals surface area contributed by atoms with Gasteiger partial charge in [-0.2, -0.15) is 0 Å². The molecule has 3 aliphatic rings. The summed E-state index contributed by atoms with van der Waals surface area (Å²) in [5.41, 5.74) is -5.91. The number of aliphatic hydroxyl groups is 3. The lowest BCUT2D eigenvalue weighted by Crippen LogP contribution is -2.83. The van der Waals surface area contributed by atoms with Gasteiger partial charge in [0.1, 0.15) is 22.7 Å². The quantitative estimate of drug-likeness (QED) is 0.586. The number of rotatable bonds is 3. The van der Waals surface area contributed by atoms with Crippen LogP contribution in [0.1, 0.15) is 58.9 Å². The predicted molar refractivity (Wildman–Crippen MR) is 133 cm³/mol. The SMILES string of the molecule is COc1ccc(-c2cc3c(c(=O)o2)C[C@]2(O)[C@@]4(C)[C@H](O)CCC(C)(C)[C@]4(O)CC[C@@]2(C)O3)cc1OC. The minimum absolute atomic E-state index is 0.0979. The summed E-state index contributed by atoms with van der Waals surface area (Å²) >= 11 is 0. The number of hydrogen-bond donors (Lipinski definition) is 3. The molecule has 8 heteroatoms. The summed E-state index contributed by atoms with van der Waals surface area (Å²) in [5.74, 6) is 1.67. The summed E-state index contributed by atoms with van der Waals surface area (Å²) in [6.07, 6.45) is 0.705. The molecule has 2 aliphatic carbocycles. The number of fused-ring (bicyclic) bond motifs is 4. The van der Waals surface area contributed by atoms with Gasteiger partial charge in [0.2, 0.25) is 0 Å². The Morgan fingerprint density at radius 2 is 1.64 bits per heavy atom. The molecule has 0 amide bonds. The number of ether oxygens (including phenoxy) is 3. The van der Waals surface area contributed by atoms with Crippen molar-refractivity contribution in [3.8, 4) is 28.6 Å². The average molecular weight is 501 g/mol. The Bertz CT molecular complexity index is 1270. The predicted octanol–water partition coefficient (Wildman–Crippen LogP) is 3.46. The second-order valence-electron chi connectivity index (χ2n) is 11.7. The molecule has 0 spiro atoms. The normalized spacial score (nSPS) is 36.6. The van der Waals surface area contributed by atoms with Gasteiger partial charge in [-0.05, 0) is 56.2 Å². The largest absolute Gasteiger partial charge is 0.493 e. The van der Waals surface area contributed by atoms with Crippen molar-refractivity contribution in [2.24, 2.45) is 10.8 Å². The van der Waals surface area contributed by atoms with Gasteiger partial charge in [-0.1, -0.05) is 20.8 Å². The second-order valence-corrected chi connectivity index (χ2v) is 11.7. The molecule has 0 radical (unpaired) electrons. The lowest BCUT2D eigenvalue weighted by molar-refractivity contribution is -0.352. The van der Waals surface area contributed by atoms with E-state index < -0.39 is 39.4 Å². The van der Waals surface area contributed by atoms with Crippen molar-refractivity contribution in [1.29, 1.82) is 0 Å². The Balaban J connectivity index is 1.63. The molecule has 1 aromatic heterocycles. The van der Waals surface area contributed by atoms with Crippen LogP contribution in [0.3, 0.4) is 0 Å². The highest BCUT2D eigenvalue weighted by molar-refractivity contribution is 5.64. The summed E-state index contributed by atoms with van der Waals surface area (Å²) in [4.78, 5) is 13.3. The molecule has 8 nitrogen and oxygen atoms in total. The van der Waals surface area contributed by atoms with Crippen LogP contribution in [0.25, 0.3) is 11.3 Å². The van der Waals surface area contributed by atoms with E-state index in [9.17, 15) is 20.1 Å². The van der Waals surface area contributed by atoms with Crippen LogP contribution in [-0.4, -0.2) is 52.4 Å². The van der Waals surface area contributed by atoms with Crippen LogP contribution in [0.15, 0.2) is 33.5 Å². The summed E-state index contributed by atoms with van der Waals surface area (Å²) < 4.78 is 22.8. The van der Waals surface area contributed by atoms with E-state index in [4.69, 9.17) is 18.6 Å². The fourth-order valence-corrected chi connectivity index (χ4v) is 7.25. The molecule has 5 atom stereocenters. The summed E-state index contributed by atoms with van der Waals surface area (Å²) in [5, 5.41) is 35.8. The maximum Gasteiger partial charge on any atom is 0.343 e. The molecule has 2 saturated carbocycles. The molecule has 0 unspecified atom stereocenters. The van der Waals surface area contributed by atoms with Crippen LogP contribution >= 0.6 is 0 Å². The third-order valence-corrected chi connectivity index (χ3v) is 9.83. The smallest absolute Gasteiger partial charge is 0.343 e. The van der Waals surface area contributed by atoms with Gasteiger partial charge in [-0.25, -0.2) is 4.79 Å². The Labute approximate surface area is 210 Å². The van der Waals surface area contributed by atoms with E-state index in [1.54, 1.807) is 45.2 Å². The van der Waals surface area contributed by atoms with Crippen LogP contribution in [0, 0.1) is 10.8 Å². The molecule has 3 N–H and O–H groups in total. The number of hydrogen-bond acceptors (Lipinski definition) is 8. The standard InChI is InChI=1S/C28H36O8/c1-24(2)10-9-22(29)26(4)27(24,31)12-11-25(3)28(26,32)15-17-20(36-25)14-19(35-23(17)30)16-7-8-18(33-5)21(13-16)34-6/h7-8,13-14,22,29,31-32H,9-12,15H2,1-6H3/t22-,25-,26+,27-,28-/m1/s1. The lowest BCUT2D eigenvalue weighted by Gasteiger charge is -2.71. The van der Waals surface area contributed by atoms with Crippen molar-refractivity contribution in [2.45, 2.75) is 82.7 Å². The maximum atomic E-state index is 13.3. The Morgan fingerprint density at radius 3 is 2.31 bits per heavy atom. The molecule has 5 rings (SSSR count). The van der Waals surface area contributed by atoms with E-state index in [-0.39, 0.29) is 12.0 Å². The summed E-state index contributed by atoms with van der Waals surface area (Å²) in [7, 11) is 3.07. The third-order valence-electron chi connectivity index (χ3n) is 9.83. The highest BCUT2D eigenvalue weighted by Crippen LogP contribution is 2.68. The van der Waals surface area contributed by atoms with Gasteiger partial charge in [0, 0.05) is 18.1 Å². The van der Waals surface area contributed by atoms with E-state index in [1.165, 1.54) is 7.11 Å². The van der Waals surface area contributed by atoms with E-state index in [0.29, 0.717) is 54.3 Å². The van der Waals surface area contributed by atoms with Gasteiger partial charge in [0.05, 0.1) is 36.9 Å². The zero-order valence-corrected chi connectivity index (χ0v) is 21.8. The third kappa shape index (κ3) is 2.95. The van der Waals surface area contributed by atoms with Crippen molar-refractivity contribution >= 4 is 0 Å². The fourth-order valence-electron chi connectivity index (χ4n) is 7.25. The Morgan fingerprint density at radius 1 is 0.944 bits per heavy atom. The number of methoxy groups -OCH3 is 2. The zero-order chi connectivity index (χ0) is 26.3. The maximum absolute atomic E-state index is 13.3. The minimum Gasteiger partial charge on any atom is -0.493 e. The fraction of sp³-hybridized carbons (Fsp3) is 0.607. The summed E-state index contributed by atoms with van der Waals surface area (Å²) in [6, 6.07) is 6.86. The van der Waals surface area contributed by atoms with Gasteiger partial charge in [-0.15, -0.1) is 0 Å².